The second-order valence-corrected chi connectivity index (χ2v) is 7.44. The summed E-state index contributed by atoms with van der Waals surface area (Å²) >= 11 is 1.18. The lowest BCUT2D eigenvalue weighted by atomic mass is 9.94. The molecule has 1 saturated heterocycles. The van der Waals surface area contributed by atoms with Gasteiger partial charge < -0.3 is 9.47 Å². The molecule has 2 aromatic heterocycles. The molecule has 0 spiro atoms. The third kappa shape index (κ3) is 2.99. The average Bonchev–Trinajstić information content (AvgIpc) is 3.29. The van der Waals surface area contributed by atoms with E-state index in [-0.39, 0.29) is 17.4 Å². The summed E-state index contributed by atoms with van der Waals surface area (Å²) in [6.45, 7) is 4.29. The fourth-order valence-electron chi connectivity index (χ4n) is 3.90. The van der Waals surface area contributed by atoms with Crippen molar-refractivity contribution in [3.63, 3.8) is 0 Å². The summed E-state index contributed by atoms with van der Waals surface area (Å²) in [6, 6.07) is 1.67. The third-order valence-electron chi connectivity index (χ3n) is 5.13. The fourth-order valence-corrected chi connectivity index (χ4v) is 4.62. The fraction of sp³-hybridized carbons (Fsp3) is 0.588. The Morgan fingerprint density at radius 1 is 1.36 bits per heavy atom. The number of carbonyl (C=O) groups is 1. The van der Waals surface area contributed by atoms with Gasteiger partial charge in [-0.2, -0.15) is 4.98 Å². The maximum Gasteiger partial charge on any atom is 0.273 e. The van der Waals surface area contributed by atoms with Gasteiger partial charge in [0.05, 0.1) is 5.69 Å². The molecule has 4 heterocycles. The normalized spacial score (nSPS) is 19.9. The summed E-state index contributed by atoms with van der Waals surface area (Å²) in [5, 5.41) is 4.05. The Kier molecular flexibility index (Phi) is 4.37. The number of hydrogen-bond donors (Lipinski definition) is 0. The number of piperidine rings is 1. The van der Waals surface area contributed by atoms with Gasteiger partial charge in [0.25, 0.3) is 11.5 Å². The number of hydrogen-bond acceptors (Lipinski definition) is 6. The van der Waals surface area contributed by atoms with Crippen molar-refractivity contribution < 1.29 is 4.79 Å². The number of likely N-dealkylation sites (tertiary alicyclic amines) is 1. The van der Waals surface area contributed by atoms with Crippen LogP contribution in [0.25, 0.3) is 0 Å². The SMILES string of the molecule is CCc1nnsc1C(=O)N1CCCC(c2cc(=O)nc3n2CCC3)C1. The van der Waals surface area contributed by atoms with Gasteiger partial charge in [-0.1, -0.05) is 11.4 Å². The van der Waals surface area contributed by atoms with E-state index in [2.05, 4.69) is 19.1 Å². The summed E-state index contributed by atoms with van der Waals surface area (Å²) in [6.07, 6.45) is 4.54. The second kappa shape index (κ2) is 6.67. The van der Waals surface area contributed by atoms with E-state index in [1.807, 2.05) is 11.8 Å². The zero-order valence-electron chi connectivity index (χ0n) is 14.3. The summed E-state index contributed by atoms with van der Waals surface area (Å²) < 4.78 is 6.12. The molecule has 2 aromatic rings. The standard InChI is InChI=1S/C17H21N5O2S/c1-2-12-16(25-20-19-12)17(24)21-7-3-5-11(10-21)13-9-15(23)18-14-6-4-8-22(13)14/h9,11H,2-8,10H2,1H3. The molecule has 25 heavy (non-hydrogen) atoms. The largest absolute Gasteiger partial charge is 0.337 e. The predicted molar refractivity (Wildman–Crippen MR) is 94.0 cm³/mol. The van der Waals surface area contributed by atoms with E-state index in [9.17, 15) is 9.59 Å². The molecule has 4 rings (SSSR count). The highest BCUT2D eigenvalue weighted by atomic mass is 32.1. The van der Waals surface area contributed by atoms with Gasteiger partial charge in [-0.05, 0) is 37.2 Å². The van der Waals surface area contributed by atoms with E-state index in [4.69, 9.17) is 0 Å². The van der Waals surface area contributed by atoms with Gasteiger partial charge in [0.1, 0.15) is 10.7 Å². The lowest BCUT2D eigenvalue weighted by Crippen LogP contribution is -2.40. The van der Waals surface area contributed by atoms with Crippen LogP contribution in [0.5, 0.6) is 0 Å². The molecule has 132 valence electrons. The molecule has 2 aliphatic rings. The zero-order chi connectivity index (χ0) is 17.4. The van der Waals surface area contributed by atoms with E-state index in [1.54, 1.807) is 6.07 Å². The van der Waals surface area contributed by atoms with Crippen molar-refractivity contribution in [2.75, 3.05) is 13.1 Å². The third-order valence-corrected chi connectivity index (χ3v) is 5.88. The lowest BCUT2D eigenvalue weighted by Gasteiger charge is -2.33. The van der Waals surface area contributed by atoms with Gasteiger partial charge in [0.2, 0.25) is 0 Å². The van der Waals surface area contributed by atoms with Crippen LogP contribution in [0.1, 0.15) is 59.0 Å². The molecule has 1 amide bonds. The van der Waals surface area contributed by atoms with Gasteiger partial charge in [-0.25, -0.2) is 0 Å². The van der Waals surface area contributed by atoms with Crippen LogP contribution in [0.3, 0.4) is 0 Å². The highest BCUT2D eigenvalue weighted by Crippen LogP contribution is 2.30. The van der Waals surface area contributed by atoms with Gasteiger partial charge in [-0.3, -0.25) is 9.59 Å². The summed E-state index contributed by atoms with van der Waals surface area (Å²) in [4.78, 5) is 31.5. The molecule has 0 radical (unpaired) electrons. The number of rotatable bonds is 3. The first-order chi connectivity index (χ1) is 12.2. The van der Waals surface area contributed by atoms with Crippen molar-refractivity contribution in [2.45, 2.75) is 51.5 Å². The van der Waals surface area contributed by atoms with E-state index >= 15 is 0 Å². The Hall–Kier alpha value is -2.09. The molecular formula is C17H21N5O2S. The van der Waals surface area contributed by atoms with Crippen molar-refractivity contribution >= 4 is 17.4 Å². The number of nitrogens with zero attached hydrogens (tertiary/aromatic N) is 5. The van der Waals surface area contributed by atoms with Crippen LogP contribution in [0, 0.1) is 0 Å². The highest BCUT2D eigenvalue weighted by Gasteiger charge is 2.30. The first-order valence-electron chi connectivity index (χ1n) is 8.88. The summed E-state index contributed by atoms with van der Waals surface area (Å²) in [5.41, 5.74) is 1.66. The molecule has 0 bridgehead atoms. The first kappa shape index (κ1) is 16.4. The Bertz CT molecular complexity index is 859. The van der Waals surface area contributed by atoms with E-state index in [0.29, 0.717) is 17.8 Å². The molecule has 0 N–H and O–H groups in total. The van der Waals surface area contributed by atoms with E-state index in [0.717, 1.165) is 56.0 Å². The lowest BCUT2D eigenvalue weighted by molar-refractivity contribution is 0.0708. The molecular weight excluding hydrogens is 338 g/mol. The van der Waals surface area contributed by atoms with Crippen molar-refractivity contribution in [1.29, 1.82) is 0 Å². The highest BCUT2D eigenvalue weighted by molar-refractivity contribution is 7.08. The van der Waals surface area contributed by atoms with Crippen LogP contribution < -0.4 is 5.56 Å². The number of fused-ring (bicyclic) bond motifs is 1. The average molecular weight is 359 g/mol. The van der Waals surface area contributed by atoms with Crippen molar-refractivity contribution in [1.82, 2.24) is 24.0 Å². The minimum atomic E-state index is -0.161. The number of aryl methyl sites for hydroxylation is 2. The molecule has 0 aliphatic carbocycles. The molecule has 1 unspecified atom stereocenters. The molecule has 2 aliphatic heterocycles. The van der Waals surface area contributed by atoms with Gasteiger partial charge in [0.15, 0.2) is 0 Å². The Morgan fingerprint density at radius 2 is 2.24 bits per heavy atom. The smallest absolute Gasteiger partial charge is 0.273 e. The zero-order valence-corrected chi connectivity index (χ0v) is 15.1. The van der Waals surface area contributed by atoms with Crippen LogP contribution in [0.2, 0.25) is 0 Å². The molecule has 8 heteroatoms. The van der Waals surface area contributed by atoms with Crippen molar-refractivity contribution in [2.24, 2.45) is 0 Å². The minimum absolute atomic E-state index is 0.0228. The van der Waals surface area contributed by atoms with Crippen molar-refractivity contribution in [3.8, 4) is 0 Å². The van der Waals surface area contributed by atoms with Crippen molar-refractivity contribution in [3.05, 3.63) is 38.5 Å². The number of carbonyl (C=O) groups excluding carboxylic acids is 1. The molecule has 1 atom stereocenters. The van der Waals surface area contributed by atoms with Crippen LogP contribution in [0.4, 0.5) is 0 Å². The van der Waals surface area contributed by atoms with E-state index < -0.39 is 0 Å². The van der Waals surface area contributed by atoms with Crippen LogP contribution in [-0.2, 0) is 19.4 Å². The Labute approximate surface area is 149 Å². The maximum atomic E-state index is 12.9. The minimum Gasteiger partial charge on any atom is -0.337 e. The quantitative estimate of drug-likeness (QED) is 0.832. The predicted octanol–water partition coefficient (Wildman–Crippen LogP) is 1.62. The van der Waals surface area contributed by atoms with Crippen LogP contribution in [0.15, 0.2) is 10.9 Å². The molecule has 0 aromatic carbocycles. The summed E-state index contributed by atoms with van der Waals surface area (Å²) in [5.74, 6) is 1.11. The van der Waals surface area contributed by atoms with Gasteiger partial charge >= 0.3 is 0 Å². The monoisotopic (exact) mass is 359 g/mol. The summed E-state index contributed by atoms with van der Waals surface area (Å²) in [7, 11) is 0. The first-order valence-corrected chi connectivity index (χ1v) is 9.66. The number of amides is 1. The molecule has 0 saturated carbocycles. The van der Waals surface area contributed by atoms with Gasteiger partial charge in [-0.15, -0.1) is 5.10 Å². The van der Waals surface area contributed by atoms with Crippen LogP contribution >= 0.6 is 11.5 Å². The Morgan fingerprint density at radius 3 is 3.08 bits per heavy atom. The van der Waals surface area contributed by atoms with Gasteiger partial charge in [0, 0.05) is 43.7 Å². The second-order valence-electron chi connectivity index (χ2n) is 6.68. The maximum absolute atomic E-state index is 12.9. The molecule has 7 nitrogen and oxygen atoms in total. The molecule has 1 fully saturated rings. The Balaban J connectivity index is 1.60. The van der Waals surface area contributed by atoms with Crippen LogP contribution in [-0.4, -0.2) is 43.0 Å². The number of aromatic nitrogens is 4. The van der Waals surface area contributed by atoms with E-state index in [1.165, 1.54) is 11.5 Å². The topological polar surface area (TPSA) is 81.0 Å².